The van der Waals surface area contributed by atoms with Crippen molar-refractivity contribution >= 4 is 17.2 Å². The summed E-state index contributed by atoms with van der Waals surface area (Å²) in [6.45, 7) is 0. The van der Waals surface area contributed by atoms with E-state index in [1.54, 1.807) is 12.3 Å². The fourth-order valence-electron chi connectivity index (χ4n) is 3.07. The molecule has 1 aromatic heterocycles. The smallest absolute Gasteiger partial charge is 0.223 e. The fraction of sp³-hybridized carbons (Fsp3) is 0.278. The number of aromatic nitrogens is 2. The van der Waals surface area contributed by atoms with E-state index in [-0.39, 0.29) is 0 Å². The molecule has 120 valence electrons. The van der Waals surface area contributed by atoms with Gasteiger partial charge in [-0.3, -0.25) is 0 Å². The summed E-state index contributed by atoms with van der Waals surface area (Å²) in [4.78, 5) is 8.76. The molecule has 2 aromatic rings. The summed E-state index contributed by atoms with van der Waals surface area (Å²) in [7, 11) is 0. The molecule has 1 aromatic carbocycles. The summed E-state index contributed by atoms with van der Waals surface area (Å²) in [5, 5.41) is 16.1. The summed E-state index contributed by atoms with van der Waals surface area (Å²) < 4.78 is 5.75. The van der Waals surface area contributed by atoms with Crippen LogP contribution >= 0.6 is 0 Å². The first-order chi connectivity index (χ1) is 11.8. The third-order valence-electron chi connectivity index (χ3n) is 4.29. The van der Waals surface area contributed by atoms with Crippen molar-refractivity contribution in [2.45, 2.75) is 31.7 Å². The van der Waals surface area contributed by atoms with Gasteiger partial charge in [0.1, 0.15) is 11.6 Å². The van der Waals surface area contributed by atoms with Crippen LogP contribution < -0.4 is 15.4 Å². The van der Waals surface area contributed by atoms with Gasteiger partial charge in [-0.25, -0.2) is 9.97 Å². The third kappa shape index (κ3) is 2.76. The van der Waals surface area contributed by atoms with Crippen LogP contribution in [0.3, 0.4) is 0 Å². The van der Waals surface area contributed by atoms with Crippen molar-refractivity contribution in [1.29, 1.82) is 5.26 Å². The Morgan fingerprint density at radius 3 is 2.88 bits per heavy atom. The molecule has 2 aliphatic rings. The maximum atomic E-state index is 9.59. The van der Waals surface area contributed by atoms with E-state index in [0.717, 1.165) is 18.5 Å². The predicted molar refractivity (Wildman–Crippen MR) is 91.1 cm³/mol. The van der Waals surface area contributed by atoms with Crippen molar-refractivity contribution < 1.29 is 4.74 Å². The lowest BCUT2D eigenvalue weighted by atomic mass is 10.2. The van der Waals surface area contributed by atoms with Crippen molar-refractivity contribution in [2.75, 3.05) is 10.6 Å². The molecule has 6 nitrogen and oxygen atoms in total. The van der Waals surface area contributed by atoms with Crippen LogP contribution in [-0.2, 0) is 0 Å². The molecule has 0 unspecified atom stereocenters. The average Bonchev–Trinajstić information content (AvgIpc) is 3.25. The molecular formula is C18H17N5O. The largest absolute Gasteiger partial charge is 0.437 e. The molecule has 0 amide bonds. The number of nitrogens with one attached hydrogen (secondary N) is 2. The van der Waals surface area contributed by atoms with Gasteiger partial charge >= 0.3 is 0 Å². The van der Waals surface area contributed by atoms with Crippen LogP contribution in [0.15, 0.2) is 42.4 Å². The molecule has 1 saturated carbocycles. The minimum absolute atomic E-state index is 0.364. The Bertz CT molecular complexity index is 806. The maximum absolute atomic E-state index is 9.59. The lowest BCUT2D eigenvalue weighted by Gasteiger charge is -2.12. The summed E-state index contributed by atoms with van der Waals surface area (Å²) in [6.07, 6.45) is 6.42. The van der Waals surface area contributed by atoms with Gasteiger partial charge in [-0.05, 0) is 31.0 Å². The van der Waals surface area contributed by atoms with Crippen molar-refractivity contribution in [3.05, 3.63) is 48.1 Å². The molecule has 2 heterocycles. The number of para-hydroxylation sites is 2. The van der Waals surface area contributed by atoms with Crippen LogP contribution in [-0.4, -0.2) is 16.0 Å². The molecule has 0 bridgehead atoms. The zero-order valence-corrected chi connectivity index (χ0v) is 13.1. The molecular weight excluding hydrogens is 302 g/mol. The maximum Gasteiger partial charge on any atom is 0.223 e. The van der Waals surface area contributed by atoms with Gasteiger partial charge < -0.3 is 15.4 Å². The van der Waals surface area contributed by atoms with E-state index < -0.39 is 0 Å². The van der Waals surface area contributed by atoms with E-state index >= 15 is 0 Å². The van der Waals surface area contributed by atoms with Gasteiger partial charge in [0, 0.05) is 12.2 Å². The van der Waals surface area contributed by atoms with Crippen LogP contribution in [0.5, 0.6) is 5.75 Å². The molecule has 0 spiro atoms. The predicted octanol–water partition coefficient (Wildman–Crippen LogP) is 3.53. The second kappa shape index (κ2) is 6.20. The lowest BCUT2D eigenvalue weighted by Crippen LogP contribution is -2.17. The lowest BCUT2D eigenvalue weighted by molar-refractivity contribution is 0.460. The van der Waals surface area contributed by atoms with Crippen LogP contribution in [0.4, 0.5) is 11.6 Å². The highest BCUT2D eigenvalue weighted by Gasteiger charge is 2.22. The number of hydrogen-bond acceptors (Lipinski definition) is 6. The molecule has 0 radical (unpaired) electrons. The Labute approximate surface area is 140 Å². The van der Waals surface area contributed by atoms with Crippen LogP contribution in [0, 0.1) is 11.3 Å². The third-order valence-corrected chi connectivity index (χ3v) is 4.29. The fourth-order valence-corrected chi connectivity index (χ4v) is 3.07. The second-order valence-electron chi connectivity index (χ2n) is 5.93. The quantitative estimate of drug-likeness (QED) is 0.842. The molecule has 6 heteroatoms. The summed E-state index contributed by atoms with van der Waals surface area (Å²) >= 11 is 0. The van der Waals surface area contributed by atoms with Gasteiger partial charge in [0.2, 0.25) is 11.8 Å². The first-order valence-electron chi connectivity index (χ1n) is 8.12. The average molecular weight is 319 g/mol. The number of ether oxygens (including phenoxy) is 1. The molecule has 1 aliphatic heterocycles. The van der Waals surface area contributed by atoms with Crippen LogP contribution in [0.2, 0.25) is 0 Å². The van der Waals surface area contributed by atoms with E-state index in [2.05, 4.69) is 26.7 Å². The number of allylic oxidation sites excluding steroid dienone is 1. The normalized spacial score (nSPS) is 18.3. The number of nitriles is 1. The number of anilines is 2. The zero-order chi connectivity index (χ0) is 16.4. The van der Waals surface area contributed by atoms with E-state index in [0.29, 0.717) is 34.9 Å². The van der Waals surface area contributed by atoms with E-state index in [1.807, 2.05) is 24.3 Å². The molecule has 0 atom stereocenters. The first kappa shape index (κ1) is 14.5. The highest BCUT2D eigenvalue weighted by atomic mass is 16.5. The molecule has 0 saturated heterocycles. The Balaban J connectivity index is 1.62. The number of rotatable bonds is 3. The zero-order valence-electron chi connectivity index (χ0n) is 13.1. The van der Waals surface area contributed by atoms with Gasteiger partial charge in [-0.2, -0.15) is 5.26 Å². The van der Waals surface area contributed by atoms with Crippen molar-refractivity contribution in [3.63, 3.8) is 0 Å². The summed E-state index contributed by atoms with van der Waals surface area (Å²) in [5.41, 5.74) is 1.75. The summed E-state index contributed by atoms with van der Waals surface area (Å²) in [6, 6.07) is 11.9. The van der Waals surface area contributed by atoms with E-state index in [1.165, 1.54) is 12.8 Å². The molecule has 1 fully saturated rings. The monoisotopic (exact) mass is 319 g/mol. The van der Waals surface area contributed by atoms with Gasteiger partial charge in [0.05, 0.1) is 11.4 Å². The van der Waals surface area contributed by atoms with Gasteiger partial charge in [-0.1, -0.05) is 25.0 Å². The number of fused-ring (bicyclic) bond motifs is 1. The SMILES string of the molecule is N#CC(=C1Nc2ccccc2O1)c1ccnc(NC2CCCC2)n1. The standard InChI is InChI=1S/C18H17N5O/c19-11-13(17-22-15-7-3-4-8-16(15)24-17)14-9-10-20-18(23-14)21-12-5-1-2-6-12/h3-4,7-10,12,22H,1-2,5-6H2,(H,20,21,23). The van der Waals surface area contributed by atoms with Gasteiger partial charge in [-0.15, -0.1) is 0 Å². The first-order valence-corrected chi connectivity index (χ1v) is 8.12. The van der Waals surface area contributed by atoms with E-state index in [9.17, 15) is 5.26 Å². The van der Waals surface area contributed by atoms with Gasteiger partial charge in [0.15, 0.2) is 5.75 Å². The van der Waals surface area contributed by atoms with Crippen molar-refractivity contribution in [3.8, 4) is 11.8 Å². The Hall–Kier alpha value is -3.07. The van der Waals surface area contributed by atoms with Crippen LogP contribution in [0.25, 0.3) is 5.57 Å². The minimum Gasteiger partial charge on any atom is -0.437 e. The highest BCUT2D eigenvalue weighted by molar-refractivity contribution is 5.81. The number of hydrogen-bond donors (Lipinski definition) is 2. The second-order valence-corrected chi connectivity index (χ2v) is 5.93. The van der Waals surface area contributed by atoms with Crippen LogP contribution in [0.1, 0.15) is 31.4 Å². The Morgan fingerprint density at radius 2 is 2.08 bits per heavy atom. The molecule has 4 rings (SSSR count). The summed E-state index contributed by atoms with van der Waals surface area (Å²) in [5.74, 6) is 1.67. The number of benzene rings is 1. The molecule has 1 aliphatic carbocycles. The number of nitrogens with zero attached hydrogens (tertiary/aromatic N) is 3. The molecule has 2 N–H and O–H groups in total. The van der Waals surface area contributed by atoms with Gasteiger partial charge in [0.25, 0.3) is 0 Å². The molecule has 24 heavy (non-hydrogen) atoms. The highest BCUT2D eigenvalue weighted by Crippen LogP contribution is 2.35. The van der Waals surface area contributed by atoms with Crippen molar-refractivity contribution in [1.82, 2.24) is 9.97 Å². The van der Waals surface area contributed by atoms with Crippen molar-refractivity contribution in [2.24, 2.45) is 0 Å². The topological polar surface area (TPSA) is 82.9 Å². The van der Waals surface area contributed by atoms with E-state index in [4.69, 9.17) is 4.74 Å². The minimum atomic E-state index is 0.364. The Kier molecular flexibility index (Phi) is 3.75. The Morgan fingerprint density at radius 1 is 1.25 bits per heavy atom.